The standard InChI is InChI=1S/C15H16O3.C5H8O/c1-12(16-2)17-14-8-10-15(11-9-14)18-13-6-4-3-5-7-13;1-2-4-5(3-1)6-4/h3-12H,1-2H3;4-5H,1-3H2. The molecule has 0 spiro atoms. The van der Waals surface area contributed by atoms with Crippen LogP contribution in [0.3, 0.4) is 0 Å². The largest absolute Gasteiger partial charge is 0.465 e. The summed E-state index contributed by atoms with van der Waals surface area (Å²) >= 11 is 0. The number of benzene rings is 2. The van der Waals surface area contributed by atoms with E-state index in [1.807, 2.05) is 61.5 Å². The number of epoxide rings is 1. The second-order valence-corrected chi connectivity index (χ2v) is 5.95. The third-order valence-corrected chi connectivity index (χ3v) is 4.10. The summed E-state index contributed by atoms with van der Waals surface area (Å²) in [6.07, 6.45) is 5.26. The molecule has 1 saturated carbocycles. The molecule has 1 aliphatic carbocycles. The highest BCUT2D eigenvalue weighted by Crippen LogP contribution is 2.37. The highest BCUT2D eigenvalue weighted by atomic mass is 16.7. The monoisotopic (exact) mass is 328 g/mol. The first kappa shape index (κ1) is 16.8. The third-order valence-electron chi connectivity index (χ3n) is 4.10. The van der Waals surface area contributed by atoms with E-state index in [0.717, 1.165) is 17.2 Å². The van der Waals surface area contributed by atoms with Gasteiger partial charge in [0.2, 0.25) is 0 Å². The molecule has 0 bridgehead atoms. The first-order valence-corrected chi connectivity index (χ1v) is 8.42. The molecule has 2 aromatic rings. The summed E-state index contributed by atoms with van der Waals surface area (Å²) in [6.45, 7) is 1.84. The van der Waals surface area contributed by atoms with Gasteiger partial charge in [0.1, 0.15) is 17.2 Å². The Balaban J connectivity index is 0.000000231. The summed E-state index contributed by atoms with van der Waals surface area (Å²) in [5, 5.41) is 0. The molecule has 4 heteroatoms. The quantitative estimate of drug-likeness (QED) is 0.584. The van der Waals surface area contributed by atoms with E-state index in [0.29, 0.717) is 12.2 Å². The summed E-state index contributed by atoms with van der Waals surface area (Å²) in [5.41, 5.74) is 0. The molecule has 4 rings (SSSR count). The van der Waals surface area contributed by atoms with Gasteiger partial charge in [-0.3, -0.25) is 0 Å². The van der Waals surface area contributed by atoms with Gasteiger partial charge in [0.05, 0.1) is 12.2 Å². The SMILES string of the molecule is C1CC2OC2C1.COC(C)Oc1ccc(Oc2ccccc2)cc1. The Hall–Kier alpha value is -2.04. The van der Waals surface area contributed by atoms with Crippen LogP contribution in [0.4, 0.5) is 0 Å². The van der Waals surface area contributed by atoms with Gasteiger partial charge in [-0.2, -0.15) is 0 Å². The summed E-state index contributed by atoms with van der Waals surface area (Å²) in [6, 6.07) is 17.1. The van der Waals surface area contributed by atoms with Crippen molar-refractivity contribution in [2.45, 2.75) is 44.7 Å². The predicted molar refractivity (Wildman–Crippen MR) is 92.6 cm³/mol. The van der Waals surface area contributed by atoms with E-state index in [2.05, 4.69) is 0 Å². The molecule has 1 aliphatic heterocycles. The molecule has 0 amide bonds. The van der Waals surface area contributed by atoms with Crippen LogP contribution in [0, 0.1) is 0 Å². The fourth-order valence-corrected chi connectivity index (χ4v) is 2.66. The molecule has 2 aromatic carbocycles. The van der Waals surface area contributed by atoms with Crippen LogP contribution in [-0.4, -0.2) is 25.6 Å². The van der Waals surface area contributed by atoms with Crippen LogP contribution < -0.4 is 9.47 Å². The van der Waals surface area contributed by atoms with E-state index in [1.54, 1.807) is 7.11 Å². The molecular formula is C20H24O4. The van der Waals surface area contributed by atoms with Gasteiger partial charge in [0, 0.05) is 7.11 Å². The van der Waals surface area contributed by atoms with Crippen LogP contribution in [0.25, 0.3) is 0 Å². The zero-order valence-corrected chi connectivity index (χ0v) is 14.2. The van der Waals surface area contributed by atoms with Gasteiger partial charge in [-0.05, 0) is 62.6 Å². The topological polar surface area (TPSA) is 40.2 Å². The van der Waals surface area contributed by atoms with Crippen molar-refractivity contribution in [1.82, 2.24) is 0 Å². The number of ether oxygens (including phenoxy) is 4. The Bertz CT molecular complexity index is 603. The van der Waals surface area contributed by atoms with Gasteiger partial charge >= 0.3 is 0 Å². The average Bonchev–Trinajstić information content (AvgIpc) is 3.23. The van der Waals surface area contributed by atoms with E-state index in [9.17, 15) is 0 Å². The molecule has 24 heavy (non-hydrogen) atoms. The van der Waals surface area contributed by atoms with Crippen LogP contribution in [0.15, 0.2) is 54.6 Å². The number of fused-ring (bicyclic) bond motifs is 1. The summed E-state index contributed by atoms with van der Waals surface area (Å²) in [7, 11) is 1.61. The van der Waals surface area contributed by atoms with Crippen LogP contribution in [0.5, 0.6) is 17.2 Å². The Morgan fingerprint density at radius 2 is 1.46 bits per heavy atom. The van der Waals surface area contributed by atoms with Gasteiger partial charge in [-0.25, -0.2) is 0 Å². The van der Waals surface area contributed by atoms with Crippen molar-refractivity contribution in [3.8, 4) is 17.2 Å². The molecule has 1 heterocycles. The minimum absolute atomic E-state index is 0.258. The molecule has 128 valence electrons. The Morgan fingerprint density at radius 3 is 1.96 bits per heavy atom. The smallest absolute Gasteiger partial charge is 0.196 e. The highest BCUT2D eigenvalue weighted by molar-refractivity contribution is 5.35. The summed E-state index contributed by atoms with van der Waals surface area (Å²) < 4.78 is 21.3. The van der Waals surface area contributed by atoms with E-state index in [4.69, 9.17) is 18.9 Å². The molecule has 0 radical (unpaired) electrons. The maximum atomic E-state index is 5.68. The minimum Gasteiger partial charge on any atom is -0.465 e. The van der Waals surface area contributed by atoms with E-state index in [-0.39, 0.29) is 6.29 Å². The van der Waals surface area contributed by atoms with Crippen molar-refractivity contribution in [1.29, 1.82) is 0 Å². The first-order valence-electron chi connectivity index (χ1n) is 8.42. The maximum Gasteiger partial charge on any atom is 0.196 e. The first-order chi connectivity index (χ1) is 11.7. The normalized spacial score (nSPS) is 21.9. The fraction of sp³-hybridized carbons (Fsp3) is 0.400. The lowest BCUT2D eigenvalue weighted by atomic mass is 10.3. The number of rotatable bonds is 5. The lowest BCUT2D eigenvalue weighted by Gasteiger charge is -2.13. The van der Waals surface area contributed by atoms with Crippen molar-refractivity contribution in [3.63, 3.8) is 0 Å². The third kappa shape index (κ3) is 4.98. The Labute approximate surface area is 143 Å². The van der Waals surface area contributed by atoms with E-state index < -0.39 is 0 Å². The molecule has 3 unspecified atom stereocenters. The number of para-hydroxylation sites is 1. The molecule has 2 aliphatic rings. The lowest BCUT2D eigenvalue weighted by Crippen LogP contribution is -2.13. The van der Waals surface area contributed by atoms with Crippen LogP contribution in [-0.2, 0) is 9.47 Å². The van der Waals surface area contributed by atoms with Crippen molar-refractivity contribution in [2.24, 2.45) is 0 Å². The van der Waals surface area contributed by atoms with Crippen molar-refractivity contribution < 1.29 is 18.9 Å². The summed E-state index contributed by atoms with van der Waals surface area (Å²) in [5.74, 6) is 2.35. The minimum atomic E-state index is -0.258. The number of hydrogen-bond donors (Lipinski definition) is 0. The maximum absolute atomic E-state index is 5.68. The highest BCUT2D eigenvalue weighted by Gasteiger charge is 2.42. The molecule has 0 aromatic heterocycles. The molecule has 1 saturated heterocycles. The van der Waals surface area contributed by atoms with Crippen LogP contribution in [0.1, 0.15) is 26.2 Å². The van der Waals surface area contributed by atoms with E-state index in [1.165, 1.54) is 19.3 Å². The van der Waals surface area contributed by atoms with Crippen molar-refractivity contribution in [2.75, 3.05) is 7.11 Å². The molecular weight excluding hydrogens is 304 g/mol. The van der Waals surface area contributed by atoms with Crippen molar-refractivity contribution in [3.05, 3.63) is 54.6 Å². The van der Waals surface area contributed by atoms with Gasteiger partial charge in [0.15, 0.2) is 6.29 Å². The number of hydrogen-bond acceptors (Lipinski definition) is 4. The van der Waals surface area contributed by atoms with Gasteiger partial charge in [-0.1, -0.05) is 18.2 Å². The predicted octanol–water partition coefficient (Wildman–Crippen LogP) is 4.79. The molecule has 2 fully saturated rings. The van der Waals surface area contributed by atoms with Crippen molar-refractivity contribution >= 4 is 0 Å². The fourth-order valence-electron chi connectivity index (χ4n) is 2.66. The van der Waals surface area contributed by atoms with Crippen LogP contribution >= 0.6 is 0 Å². The average molecular weight is 328 g/mol. The zero-order valence-electron chi connectivity index (χ0n) is 14.2. The molecule has 3 atom stereocenters. The second-order valence-electron chi connectivity index (χ2n) is 5.95. The molecule has 4 nitrogen and oxygen atoms in total. The van der Waals surface area contributed by atoms with Gasteiger partial charge in [0.25, 0.3) is 0 Å². The Morgan fingerprint density at radius 1 is 0.875 bits per heavy atom. The van der Waals surface area contributed by atoms with Crippen LogP contribution in [0.2, 0.25) is 0 Å². The summed E-state index contributed by atoms with van der Waals surface area (Å²) in [4.78, 5) is 0. The number of methoxy groups -OCH3 is 1. The Kier molecular flexibility index (Phi) is 5.72. The zero-order chi connectivity index (χ0) is 16.8. The van der Waals surface area contributed by atoms with Gasteiger partial charge < -0.3 is 18.9 Å². The van der Waals surface area contributed by atoms with Gasteiger partial charge in [-0.15, -0.1) is 0 Å². The lowest BCUT2D eigenvalue weighted by molar-refractivity contribution is -0.0382. The molecule has 0 N–H and O–H groups in total. The second kappa shape index (κ2) is 8.18. The van der Waals surface area contributed by atoms with E-state index >= 15 is 0 Å².